The number of imidazole rings is 2. The van der Waals surface area contributed by atoms with Gasteiger partial charge >= 0.3 is 0 Å². The van der Waals surface area contributed by atoms with E-state index in [1.54, 1.807) is 0 Å². The largest absolute Gasteiger partial charge is 0.490 e. The third-order valence-electron chi connectivity index (χ3n) is 11.2. The van der Waals surface area contributed by atoms with Crippen molar-refractivity contribution in [2.24, 2.45) is 0 Å². The second-order valence-corrected chi connectivity index (χ2v) is 18.9. The number of nitrogens with zero attached hydrogens (tertiary/aromatic N) is 4. The molecule has 0 unspecified atom stereocenters. The molecular formula is C54H70N4O4+2. The molecule has 0 atom stereocenters. The molecule has 8 heteroatoms. The molecule has 4 aromatic carbocycles. The van der Waals surface area contributed by atoms with Gasteiger partial charge in [0.2, 0.25) is 12.7 Å². The first kappa shape index (κ1) is 44.6. The fourth-order valence-electron chi connectivity index (χ4n) is 8.60. The molecule has 6 aromatic rings. The van der Waals surface area contributed by atoms with Crippen LogP contribution in [-0.2, 0) is 38.8 Å². The summed E-state index contributed by atoms with van der Waals surface area (Å²) < 4.78 is 36.6. The molecule has 1 aliphatic rings. The number of benzene rings is 4. The number of fused-ring (bicyclic) bond motifs is 8. The van der Waals surface area contributed by atoms with Gasteiger partial charge in [-0.05, 0) is 163 Å². The molecular weight excluding hydrogens is 769 g/mol. The summed E-state index contributed by atoms with van der Waals surface area (Å²) in [5, 5.41) is 0. The van der Waals surface area contributed by atoms with Gasteiger partial charge in [-0.2, -0.15) is 0 Å². The van der Waals surface area contributed by atoms with Crippen molar-refractivity contribution in [1.82, 2.24) is 9.13 Å². The molecule has 328 valence electrons. The van der Waals surface area contributed by atoms with Gasteiger partial charge in [-0.15, -0.1) is 0 Å². The molecule has 7 rings (SSSR count). The van der Waals surface area contributed by atoms with E-state index >= 15 is 0 Å². The Hall–Kier alpha value is -5.50. The van der Waals surface area contributed by atoms with E-state index < -0.39 is 0 Å². The summed E-state index contributed by atoms with van der Waals surface area (Å²) >= 11 is 0. The minimum absolute atomic E-state index is 0.0189. The third-order valence-corrected chi connectivity index (χ3v) is 11.2. The van der Waals surface area contributed by atoms with Crippen LogP contribution < -0.4 is 28.1 Å². The molecule has 0 amide bonds. The van der Waals surface area contributed by atoms with Crippen molar-refractivity contribution in [2.75, 3.05) is 0 Å². The van der Waals surface area contributed by atoms with E-state index in [2.05, 4.69) is 199 Å². The molecule has 62 heavy (non-hydrogen) atoms. The normalized spacial score (nSPS) is 12.9. The summed E-state index contributed by atoms with van der Waals surface area (Å²) in [4.78, 5) is 0. The van der Waals surface area contributed by atoms with Crippen molar-refractivity contribution in [3.05, 3.63) is 154 Å². The zero-order valence-electron chi connectivity index (χ0n) is 39.4. The average Bonchev–Trinajstić information content (AvgIpc) is 3.86. The molecule has 0 N–H and O–H groups in total. The molecule has 0 saturated heterocycles. The second-order valence-electron chi connectivity index (χ2n) is 18.9. The first-order chi connectivity index (χ1) is 29.6. The van der Waals surface area contributed by atoms with Crippen molar-refractivity contribution in [3.63, 3.8) is 0 Å². The predicted octanol–water partition coefficient (Wildman–Crippen LogP) is 10.9. The van der Waals surface area contributed by atoms with Crippen molar-refractivity contribution in [2.45, 2.75) is 158 Å². The van der Waals surface area contributed by atoms with Gasteiger partial charge < -0.3 is 18.9 Å². The first-order valence-electron chi connectivity index (χ1n) is 22.9. The smallest absolute Gasteiger partial charge is 0.244 e. The summed E-state index contributed by atoms with van der Waals surface area (Å²) in [7, 11) is 0. The van der Waals surface area contributed by atoms with Crippen LogP contribution in [0.25, 0.3) is 0 Å². The Morgan fingerprint density at radius 3 is 0.935 bits per heavy atom. The van der Waals surface area contributed by atoms with Crippen LogP contribution in [0.4, 0.5) is 0 Å². The monoisotopic (exact) mass is 839 g/mol. The van der Waals surface area contributed by atoms with E-state index in [-0.39, 0.29) is 24.4 Å². The summed E-state index contributed by atoms with van der Waals surface area (Å²) in [5.74, 6) is 3.75. The van der Waals surface area contributed by atoms with Gasteiger partial charge in [-0.25, -0.2) is 18.3 Å². The zero-order chi connectivity index (χ0) is 44.2. The Morgan fingerprint density at radius 2 is 0.694 bits per heavy atom. The maximum atomic E-state index is 6.90. The van der Waals surface area contributed by atoms with E-state index in [1.165, 1.54) is 11.1 Å². The van der Waals surface area contributed by atoms with Crippen LogP contribution in [-0.4, -0.2) is 33.6 Å². The summed E-state index contributed by atoms with van der Waals surface area (Å²) in [6, 6.07) is 23.5. The highest BCUT2D eigenvalue weighted by molar-refractivity contribution is 5.57. The van der Waals surface area contributed by atoms with Crippen LogP contribution >= 0.6 is 0 Å². The minimum Gasteiger partial charge on any atom is -0.490 e. The zero-order valence-corrected chi connectivity index (χ0v) is 39.4. The van der Waals surface area contributed by atoms with Crippen LogP contribution in [0.2, 0.25) is 0 Å². The highest BCUT2D eigenvalue weighted by atomic mass is 16.5. The van der Waals surface area contributed by atoms with Gasteiger partial charge in [0, 0.05) is 25.7 Å². The lowest BCUT2D eigenvalue weighted by molar-refractivity contribution is -0.688. The van der Waals surface area contributed by atoms with E-state index in [9.17, 15) is 0 Å². The number of hydrogen-bond acceptors (Lipinski definition) is 4. The van der Waals surface area contributed by atoms with Gasteiger partial charge in [0.15, 0.2) is 0 Å². The molecule has 2 aromatic heterocycles. The molecule has 0 aliphatic heterocycles. The van der Waals surface area contributed by atoms with Gasteiger partial charge in [-0.3, -0.25) is 0 Å². The van der Waals surface area contributed by atoms with E-state index in [0.29, 0.717) is 37.8 Å². The highest BCUT2D eigenvalue weighted by Crippen LogP contribution is 2.41. The Bertz CT molecular complexity index is 2210. The maximum absolute atomic E-state index is 6.90. The fraction of sp³-hybridized carbons (Fsp3) is 0.444. The fourth-order valence-corrected chi connectivity index (χ4v) is 8.60. The first-order valence-corrected chi connectivity index (χ1v) is 22.9. The van der Waals surface area contributed by atoms with Crippen LogP contribution in [0, 0.1) is 0 Å². The lowest BCUT2D eigenvalue weighted by Crippen LogP contribution is -2.32. The Balaban J connectivity index is 1.48. The SMILES string of the molecule is CC(C)Oc1c2cccc1Cc1cc(C[n+]3ccn(C(C)C)c3)cc(c1OC(C)C)Cc1cccc(c1OC(C)C)Cc1cc(C[n+]3ccn(C(C)C)c3)cc(c1OC(C)C)C2. The average molecular weight is 839 g/mol. The minimum atomic E-state index is -0.0192. The third kappa shape index (κ3) is 10.7. The van der Waals surface area contributed by atoms with E-state index in [1.807, 2.05) is 0 Å². The molecule has 8 bridgehead atoms. The van der Waals surface area contributed by atoms with Crippen molar-refractivity contribution in [3.8, 4) is 23.0 Å². The number of hydrogen-bond donors (Lipinski definition) is 0. The van der Waals surface area contributed by atoms with Crippen LogP contribution in [0.3, 0.4) is 0 Å². The number of aromatic nitrogens is 4. The van der Waals surface area contributed by atoms with E-state index in [4.69, 9.17) is 18.9 Å². The lowest BCUT2D eigenvalue weighted by Gasteiger charge is -2.25. The van der Waals surface area contributed by atoms with E-state index in [0.717, 1.165) is 80.6 Å². The van der Waals surface area contributed by atoms with Crippen molar-refractivity contribution >= 4 is 0 Å². The van der Waals surface area contributed by atoms with Crippen LogP contribution in [0.1, 0.15) is 151 Å². The Morgan fingerprint density at radius 1 is 0.419 bits per heavy atom. The van der Waals surface area contributed by atoms with Crippen molar-refractivity contribution < 1.29 is 28.1 Å². The molecule has 0 fully saturated rings. The highest BCUT2D eigenvalue weighted by Gasteiger charge is 2.25. The lowest BCUT2D eigenvalue weighted by atomic mass is 9.89. The number of ether oxygens (including phenoxy) is 4. The second kappa shape index (κ2) is 19.3. The molecule has 0 spiro atoms. The topological polar surface area (TPSA) is 54.5 Å². The molecule has 1 aliphatic carbocycles. The van der Waals surface area contributed by atoms with Crippen molar-refractivity contribution in [1.29, 1.82) is 0 Å². The summed E-state index contributed by atoms with van der Waals surface area (Å²) in [6.07, 6.45) is 15.6. The number of rotatable bonds is 14. The predicted molar refractivity (Wildman–Crippen MR) is 248 cm³/mol. The van der Waals surface area contributed by atoms with Gasteiger partial charge in [0.05, 0.1) is 36.5 Å². The maximum Gasteiger partial charge on any atom is 0.244 e. The molecule has 0 radical (unpaired) electrons. The van der Waals surface area contributed by atoms with Crippen LogP contribution in [0.5, 0.6) is 23.0 Å². The van der Waals surface area contributed by atoms with Gasteiger partial charge in [0.25, 0.3) is 0 Å². The van der Waals surface area contributed by atoms with Crippen LogP contribution in [0.15, 0.2) is 98.1 Å². The molecule has 2 heterocycles. The van der Waals surface area contributed by atoms with Gasteiger partial charge in [-0.1, -0.05) is 36.4 Å². The standard InChI is InChI=1S/C54H70N4O4/c1-35(2)57-21-19-55(33-57)31-41-23-47-27-43-15-13-17-45(51(43)59-37(5)6)29-49-25-42(32-56-20-22-58(34-56)36(3)4)26-50(54(49)62-40(11)12)30-46-18-14-16-44(52(46)60-38(7)8)28-48(24-41)53(47)61-39(9)10/h13-26,33-40H,27-32H2,1-12H3/q+2. The van der Waals surface area contributed by atoms with Gasteiger partial charge in [0.1, 0.15) is 60.9 Å². The quantitative estimate of drug-likeness (QED) is 0.102. The molecule has 0 saturated carbocycles. The molecule has 8 nitrogen and oxygen atoms in total. The number of para-hydroxylation sites is 2. The Kier molecular flexibility index (Phi) is 13.8. The Labute approximate surface area is 371 Å². The summed E-state index contributed by atoms with van der Waals surface area (Å²) in [6.45, 7) is 27.3. The summed E-state index contributed by atoms with van der Waals surface area (Å²) in [5.41, 5.74) is 11.6.